The summed E-state index contributed by atoms with van der Waals surface area (Å²) in [4.78, 5) is 12.6. The highest BCUT2D eigenvalue weighted by Crippen LogP contribution is 2.22. The Bertz CT molecular complexity index is 986. The largest absolute Gasteiger partial charge is 0.332 e. The number of anilines is 1. The number of rotatable bonds is 4. The van der Waals surface area contributed by atoms with Crippen molar-refractivity contribution in [2.24, 2.45) is 0 Å². The van der Waals surface area contributed by atoms with Gasteiger partial charge in [0, 0.05) is 22.3 Å². The van der Waals surface area contributed by atoms with Crippen LogP contribution in [0, 0.1) is 3.57 Å². The average molecular weight is 543 g/mol. The molecule has 0 unspecified atom stereocenters. The summed E-state index contributed by atoms with van der Waals surface area (Å²) in [5.41, 5.74) is 1.14. The van der Waals surface area contributed by atoms with Crippen molar-refractivity contribution in [3.63, 3.8) is 0 Å². The van der Waals surface area contributed by atoms with E-state index in [1.54, 1.807) is 40.7 Å². The normalized spacial score (nSPS) is 15.3. The number of amides is 1. The molecule has 1 saturated heterocycles. The van der Waals surface area contributed by atoms with Gasteiger partial charge < -0.3 is 5.32 Å². The first-order chi connectivity index (χ1) is 13.9. The van der Waals surface area contributed by atoms with Gasteiger partial charge in [0.05, 0.1) is 10.5 Å². The Hall–Kier alpha value is -1.56. The summed E-state index contributed by atoms with van der Waals surface area (Å²) in [6.45, 7) is 1.13. The van der Waals surface area contributed by atoms with Gasteiger partial charge >= 0.3 is 0 Å². The minimum atomic E-state index is -3.49. The quantitative estimate of drug-likeness (QED) is 0.451. The molecule has 2 N–H and O–H groups in total. The van der Waals surface area contributed by atoms with Crippen molar-refractivity contribution in [3.05, 3.63) is 57.7 Å². The summed E-state index contributed by atoms with van der Waals surface area (Å²) in [6, 6.07) is 13.6. The lowest BCUT2D eigenvalue weighted by Crippen LogP contribution is -2.34. The molecule has 1 aliphatic heterocycles. The molecule has 0 saturated carbocycles. The third-order valence-corrected chi connectivity index (χ3v) is 7.72. The number of carbonyl (C=O) groups excluding carboxylic acids is 1. The summed E-state index contributed by atoms with van der Waals surface area (Å²) in [5, 5.41) is 5.71. The van der Waals surface area contributed by atoms with E-state index in [2.05, 4.69) is 33.2 Å². The SMILES string of the molecule is O=C(NC(=S)Nc1ccc(S(=O)(=O)N2CCCCCC2)cc1)c1ccccc1I. The van der Waals surface area contributed by atoms with Crippen molar-refractivity contribution >= 4 is 61.5 Å². The molecule has 0 bridgehead atoms. The van der Waals surface area contributed by atoms with E-state index in [1.165, 1.54) is 0 Å². The van der Waals surface area contributed by atoms with Crippen LogP contribution in [0.4, 0.5) is 5.69 Å². The molecule has 0 spiro atoms. The molecule has 1 heterocycles. The van der Waals surface area contributed by atoms with Crippen LogP contribution in [0.2, 0.25) is 0 Å². The number of nitrogens with one attached hydrogen (secondary N) is 2. The van der Waals surface area contributed by atoms with Crippen molar-refractivity contribution in [1.82, 2.24) is 9.62 Å². The van der Waals surface area contributed by atoms with E-state index < -0.39 is 10.0 Å². The van der Waals surface area contributed by atoms with Crippen molar-refractivity contribution < 1.29 is 13.2 Å². The molecule has 0 aliphatic carbocycles. The molecule has 0 aromatic heterocycles. The predicted molar refractivity (Wildman–Crippen MR) is 127 cm³/mol. The first kappa shape index (κ1) is 22.1. The van der Waals surface area contributed by atoms with Gasteiger partial charge in [-0.1, -0.05) is 25.0 Å². The maximum absolute atomic E-state index is 12.8. The zero-order valence-corrected chi connectivity index (χ0v) is 19.5. The topological polar surface area (TPSA) is 78.5 Å². The summed E-state index contributed by atoms with van der Waals surface area (Å²) < 4.78 is 28.1. The van der Waals surface area contributed by atoms with Crippen LogP contribution in [0.5, 0.6) is 0 Å². The molecule has 0 radical (unpaired) electrons. The highest BCUT2D eigenvalue weighted by Gasteiger charge is 2.25. The molecule has 1 fully saturated rings. The molecule has 9 heteroatoms. The summed E-state index contributed by atoms with van der Waals surface area (Å²) >= 11 is 7.30. The summed E-state index contributed by atoms with van der Waals surface area (Å²) in [6.07, 6.45) is 3.93. The zero-order chi connectivity index (χ0) is 20.9. The highest BCUT2D eigenvalue weighted by molar-refractivity contribution is 14.1. The fraction of sp³-hybridized carbons (Fsp3) is 0.300. The van der Waals surface area contributed by atoms with Gasteiger partial charge in [0.15, 0.2) is 5.11 Å². The Morgan fingerprint density at radius 1 is 0.966 bits per heavy atom. The monoisotopic (exact) mass is 543 g/mol. The third-order valence-electron chi connectivity index (χ3n) is 4.66. The van der Waals surface area contributed by atoms with Crippen molar-refractivity contribution in [2.75, 3.05) is 18.4 Å². The first-order valence-corrected chi connectivity index (χ1v) is 12.3. The predicted octanol–water partition coefficient (Wildman–Crippen LogP) is 3.98. The minimum Gasteiger partial charge on any atom is -0.332 e. The Morgan fingerprint density at radius 3 is 2.21 bits per heavy atom. The van der Waals surface area contributed by atoms with E-state index in [0.29, 0.717) is 24.3 Å². The van der Waals surface area contributed by atoms with Gasteiger partial charge in [-0.25, -0.2) is 8.42 Å². The maximum atomic E-state index is 12.8. The molecule has 2 aromatic rings. The second-order valence-corrected chi connectivity index (χ2v) is 10.2. The Balaban J connectivity index is 1.63. The fourth-order valence-corrected chi connectivity index (χ4v) is 5.48. The van der Waals surface area contributed by atoms with E-state index in [4.69, 9.17) is 12.2 Å². The van der Waals surface area contributed by atoms with Crippen LogP contribution in [0.25, 0.3) is 0 Å². The van der Waals surface area contributed by atoms with Crippen molar-refractivity contribution in [3.8, 4) is 0 Å². The maximum Gasteiger partial charge on any atom is 0.258 e. The molecule has 2 aromatic carbocycles. The lowest BCUT2D eigenvalue weighted by atomic mass is 10.2. The van der Waals surface area contributed by atoms with Crippen LogP contribution in [0.3, 0.4) is 0 Å². The summed E-state index contributed by atoms with van der Waals surface area (Å²) in [7, 11) is -3.49. The number of hydrogen-bond donors (Lipinski definition) is 2. The van der Waals surface area contributed by atoms with E-state index in [0.717, 1.165) is 29.3 Å². The van der Waals surface area contributed by atoms with Crippen LogP contribution in [-0.2, 0) is 10.0 Å². The number of carbonyl (C=O) groups is 1. The van der Waals surface area contributed by atoms with Crippen molar-refractivity contribution in [2.45, 2.75) is 30.6 Å². The van der Waals surface area contributed by atoms with E-state index >= 15 is 0 Å². The Labute approximate surface area is 190 Å². The Kier molecular flexibility index (Phi) is 7.60. The van der Waals surface area contributed by atoms with Crippen LogP contribution in [0.1, 0.15) is 36.0 Å². The smallest absolute Gasteiger partial charge is 0.258 e. The number of thiocarbonyl (C=S) groups is 1. The molecule has 29 heavy (non-hydrogen) atoms. The van der Waals surface area contributed by atoms with Gasteiger partial charge in [0.25, 0.3) is 5.91 Å². The van der Waals surface area contributed by atoms with Crippen LogP contribution in [-0.4, -0.2) is 36.8 Å². The van der Waals surface area contributed by atoms with Gasteiger partial charge in [0.1, 0.15) is 0 Å². The number of nitrogens with zero attached hydrogens (tertiary/aromatic N) is 1. The van der Waals surface area contributed by atoms with Crippen LogP contribution >= 0.6 is 34.8 Å². The second-order valence-electron chi connectivity index (χ2n) is 6.73. The van der Waals surface area contributed by atoms with Gasteiger partial charge in [-0.05, 0) is 84.0 Å². The number of benzene rings is 2. The van der Waals surface area contributed by atoms with Crippen LogP contribution < -0.4 is 10.6 Å². The van der Waals surface area contributed by atoms with E-state index in [9.17, 15) is 13.2 Å². The van der Waals surface area contributed by atoms with Gasteiger partial charge in [-0.3, -0.25) is 10.1 Å². The molecule has 6 nitrogen and oxygen atoms in total. The highest BCUT2D eigenvalue weighted by atomic mass is 127. The molecule has 0 atom stereocenters. The lowest BCUT2D eigenvalue weighted by molar-refractivity contribution is 0.0977. The number of halogens is 1. The standard InChI is InChI=1S/C20H22IN3O3S2/c21-18-8-4-3-7-17(18)19(25)23-20(28)22-15-9-11-16(12-10-15)29(26,27)24-13-5-1-2-6-14-24/h3-4,7-12H,1-2,5-6,13-14H2,(H2,22,23,25,28). The van der Waals surface area contributed by atoms with Gasteiger partial charge in [-0.15, -0.1) is 0 Å². The van der Waals surface area contributed by atoms with E-state index in [-0.39, 0.29) is 15.9 Å². The van der Waals surface area contributed by atoms with E-state index in [1.807, 2.05) is 12.1 Å². The average Bonchev–Trinajstić information content (AvgIpc) is 2.98. The second kappa shape index (κ2) is 9.96. The summed E-state index contributed by atoms with van der Waals surface area (Å²) in [5.74, 6) is -0.298. The van der Waals surface area contributed by atoms with Gasteiger partial charge in [-0.2, -0.15) is 4.31 Å². The lowest BCUT2D eigenvalue weighted by Gasteiger charge is -2.20. The minimum absolute atomic E-state index is 0.151. The molecule has 1 amide bonds. The fourth-order valence-electron chi connectivity index (χ4n) is 3.12. The molecular formula is C20H22IN3O3S2. The molecular weight excluding hydrogens is 521 g/mol. The Morgan fingerprint density at radius 2 is 1.59 bits per heavy atom. The zero-order valence-electron chi connectivity index (χ0n) is 15.7. The van der Waals surface area contributed by atoms with Crippen molar-refractivity contribution in [1.29, 1.82) is 0 Å². The molecule has 3 rings (SSSR count). The molecule has 1 aliphatic rings. The molecule has 154 valence electrons. The third kappa shape index (κ3) is 5.74. The first-order valence-electron chi connectivity index (χ1n) is 9.35. The van der Waals surface area contributed by atoms with Crippen LogP contribution in [0.15, 0.2) is 53.4 Å². The van der Waals surface area contributed by atoms with Gasteiger partial charge in [0.2, 0.25) is 10.0 Å². The number of sulfonamides is 1. The number of hydrogen-bond acceptors (Lipinski definition) is 4.